The van der Waals surface area contributed by atoms with E-state index >= 15 is 0 Å². The third-order valence-corrected chi connectivity index (χ3v) is 5.97. The Morgan fingerprint density at radius 3 is 2.72 bits per heavy atom. The quantitative estimate of drug-likeness (QED) is 0.502. The SMILES string of the molecule is O=C(N[C@@H]1CCCCNC1=O)c1ccc(-c2cc(F)cc3cccnc23)c2ccccc12. The third kappa shape index (κ3) is 3.68. The van der Waals surface area contributed by atoms with Gasteiger partial charge in [0.2, 0.25) is 5.91 Å². The zero-order chi connectivity index (χ0) is 22.1. The highest BCUT2D eigenvalue weighted by Gasteiger charge is 2.24. The van der Waals surface area contributed by atoms with Crippen molar-refractivity contribution in [3.05, 3.63) is 78.2 Å². The molecule has 1 fully saturated rings. The standard InChI is InChI=1S/C26H22FN3O2/c27-17-14-16-6-5-13-28-24(16)22(15-17)20-10-11-21(19-8-2-1-7-18(19)20)25(31)30-23-9-3-4-12-29-26(23)32/h1-2,5-8,10-11,13-15,23H,3-4,9,12H2,(H,29,32)(H,30,31)/t23-/m1/s1. The fourth-order valence-electron chi connectivity index (χ4n) is 4.41. The van der Waals surface area contributed by atoms with E-state index < -0.39 is 6.04 Å². The van der Waals surface area contributed by atoms with E-state index in [-0.39, 0.29) is 17.6 Å². The number of hydrogen-bond donors (Lipinski definition) is 2. The monoisotopic (exact) mass is 427 g/mol. The van der Waals surface area contributed by atoms with Gasteiger partial charge in [0.1, 0.15) is 11.9 Å². The van der Waals surface area contributed by atoms with Crippen molar-refractivity contribution in [3.63, 3.8) is 0 Å². The topological polar surface area (TPSA) is 71.1 Å². The van der Waals surface area contributed by atoms with Crippen LogP contribution in [-0.2, 0) is 4.79 Å². The predicted octanol–water partition coefficient (Wildman–Crippen LogP) is 4.59. The Kier molecular flexibility index (Phi) is 5.27. The maximum atomic E-state index is 14.4. The van der Waals surface area contributed by atoms with Crippen molar-refractivity contribution in [1.82, 2.24) is 15.6 Å². The van der Waals surface area contributed by atoms with Gasteiger partial charge in [0.05, 0.1) is 5.52 Å². The number of nitrogens with zero attached hydrogens (tertiary/aromatic N) is 1. The van der Waals surface area contributed by atoms with Crippen LogP contribution in [0.2, 0.25) is 0 Å². The van der Waals surface area contributed by atoms with E-state index in [9.17, 15) is 14.0 Å². The van der Waals surface area contributed by atoms with Gasteiger partial charge < -0.3 is 10.6 Å². The highest BCUT2D eigenvalue weighted by Crippen LogP contribution is 2.35. The van der Waals surface area contributed by atoms with Crippen LogP contribution in [0.15, 0.2) is 66.9 Å². The number of carbonyl (C=O) groups is 2. The summed E-state index contributed by atoms with van der Waals surface area (Å²) in [5.41, 5.74) is 2.65. The number of fused-ring (bicyclic) bond motifs is 2. The van der Waals surface area contributed by atoms with Crippen LogP contribution in [0.4, 0.5) is 4.39 Å². The van der Waals surface area contributed by atoms with Crippen LogP contribution in [0.3, 0.4) is 0 Å². The fourth-order valence-corrected chi connectivity index (χ4v) is 4.41. The molecule has 160 valence electrons. The maximum absolute atomic E-state index is 14.4. The number of pyridine rings is 1. The summed E-state index contributed by atoms with van der Waals surface area (Å²) in [4.78, 5) is 29.9. The van der Waals surface area contributed by atoms with Gasteiger partial charge in [0, 0.05) is 29.3 Å². The first-order valence-corrected chi connectivity index (χ1v) is 10.8. The minimum atomic E-state index is -0.542. The molecule has 6 heteroatoms. The molecular formula is C26H22FN3O2. The van der Waals surface area contributed by atoms with Crippen molar-refractivity contribution < 1.29 is 14.0 Å². The lowest BCUT2D eigenvalue weighted by Gasteiger charge is -2.17. The van der Waals surface area contributed by atoms with Crippen LogP contribution < -0.4 is 10.6 Å². The van der Waals surface area contributed by atoms with E-state index in [2.05, 4.69) is 15.6 Å². The lowest BCUT2D eigenvalue weighted by molar-refractivity contribution is -0.122. The first-order chi connectivity index (χ1) is 15.6. The van der Waals surface area contributed by atoms with Crippen LogP contribution in [0.5, 0.6) is 0 Å². The Balaban J connectivity index is 1.60. The van der Waals surface area contributed by atoms with Crippen LogP contribution >= 0.6 is 0 Å². The van der Waals surface area contributed by atoms with Crippen LogP contribution in [-0.4, -0.2) is 29.4 Å². The molecule has 0 bridgehead atoms. The van der Waals surface area contributed by atoms with Gasteiger partial charge in [-0.05, 0) is 59.9 Å². The molecule has 1 aliphatic rings. The molecule has 4 aromatic rings. The van der Waals surface area contributed by atoms with Crippen LogP contribution in [0.1, 0.15) is 29.6 Å². The number of benzene rings is 3. The Hall–Kier alpha value is -3.80. The molecular weight excluding hydrogens is 405 g/mol. The molecule has 32 heavy (non-hydrogen) atoms. The number of amides is 2. The molecule has 2 amide bonds. The summed E-state index contributed by atoms with van der Waals surface area (Å²) in [6.45, 7) is 0.637. The van der Waals surface area contributed by atoms with Crippen LogP contribution in [0.25, 0.3) is 32.8 Å². The number of carbonyl (C=O) groups excluding carboxylic acids is 2. The van der Waals surface area contributed by atoms with Gasteiger partial charge in [-0.15, -0.1) is 0 Å². The molecule has 0 saturated carbocycles. The summed E-state index contributed by atoms with van der Waals surface area (Å²) < 4.78 is 14.4. The zero-order valence-electron chi connectivity index (χ0n) is 17.4. The maximum Gasteiger partial charge on any atom is 0.252 e. The van der Waals surface area contributed by atoms with E-state index in [0.717, 1.165) is 29.2 Å². The molecule has 1 atom stereocenters. The van der Waals surface area contributed by atoms with Crippen molar-refractivity contribution >= 4 is 33.5 Å². The lowest BCUT2D eigenvalue weighted by atomic mass is 9.93. The van der Waals surface area contributed by atoms with Gasteiger partial charge in [-0.1, -0.05) is 36.4 Å². The molecule has 0 unspecified atom stereocenters. The van der Waals surface area contributed by atoms with Gasteiger partial charge in [-0.3, -0.25) is 14.6 Å². The van der Waals surface area contributed by atoms with Crippen LogP contribution in [0, 0.1) is 5.82 Å². The van der Waals surface area contributed by atoms with Gasteiger partial charge in [-0.25, -0.2) is 4.39 Å². The number of hydrogen-bond acceptors (Lipinski definition) is 3. The summed E-state index contributed by atoms with van der Waals surface area (Å²) in [7, 11) is 0. The summed E-state index contributed by atoms with van der Waals surface area (Å²) in [6, 6.07) is 17.1. The van der Waals surface area contributed by atoms with E-state index in [1.54, 1.807) is 18.3 Å². The summed E-state index contributed by atoms with van der Waals surface area (Å²) in [5.74, 6) is -0.781. The second-order valence-electron chi connectivity index (χ2n) is 8.05. The average Bonchev–Trinajstić information content (AvgIpc) is 3.01. The largest absolute Gasteiger partial charge is 0.354 e. The third-order valence-electron chi connectivity index (χ3n) is 5.97. The predicted molar refractivity (Wildman–Crippen MR) is 123 cm³/mol. The normalized spacial score (nSPS) is 16.5. The van der Waals surface area contributed by atoms with Crippen molar-refractivity contribution in [1.29, 1.82) is 0 Å². The van der Waals surface area contributed by atoms with Crippen molar-refractivity contribution in [3.8, 4) is 11.1 Å². The molecule has 1 saturated heterocycles. The molecule has 1 aliphatic heterocycles. The average molecular weight is 427 g/mol. The van der Waals surface area contributed by atoms with Crippen molar-refractivity contribution in [2.45, 2.75) is 25.3 Å². The van der Waals surface area contributed by atoms with Gasteiger partial charge >= 0.3 is 0 Å². The molecule has 2 N–H and O–H groups in total. The number of aromatic nitrogens is 1. The van der Waals surface area contributed by atoms with Crippen molar-refractivity contribution in [2.75, 3.05) is 6.54 Å². The Bertz CT molecular complexity index is 1350. The highest BCUT2D eigenvalue weighted by molar-refractivity contribution is 6.13. The highest BCUT2D eigenvalue weighted by atomic mass is 19.1. The molecule has 0 radical (unpaired) electrons. The van der Waals surface area contributed by atoms with Gasteiger partial charge in [0.25, 0.3) is 5.91 Å². The molecule has 0 aliphatic carbocycles. The van der Waals surface area contributed by atoms with Gasteiger partial charge in [-0.2, -0.15) is 0 Å². The molecule has 2 heterocycles. The smallest absolute Gasteiger partial charge is 0.252 e. The van der Waals surface area contributed by atoms with E-state index in [1.165, 1.54) is 12.1 Å². The van der Waals surface area contributed by atoms with Crippen molar-refractivity contribution in [2.24, 2.45) is 0 Å². The minimum Gasteiger partial charge on any atom is -0.354 e. The molecule has 1 aromatic heterocycles. The Morgan fingerprint density at radius 2 is 1.84 bits per heavy atom. The lowest BCUT2D eigenvalue weighted by Crippen LogP contribution is -2.45. The summed E-state index contributed by atoms with van der Waals surface area (Å²) >= 11 is 0. The Labute approximate surface area is 184 Å². The number of nitrogens with one attached hydrogen (secondary N) is 2. The second-order valence-corrected chi connectivity index (χ2v) is 8.05. The summed E-state index contributed by atoms with van der Waals surface area (Å²) in [5, 5.41) is 8.02. The molecule has 3 aromatic carbocycles. The number of halogens is 1. The zero-order valence-corrected chi connectivity index (χ0v) is 17.4. The Morgan fingerprint density at radius 1 is 1.00 bits per heavy atom. The molecule has 0 spiro atoms. The fraction of sp³-hybridized carbons (Fsp3) is 0.192. The minimum absolute atomic E-state index is 0.144. The molecule has 5 nitrogen and oxygen atoms in total. The first-order valence-electron chi connectivity index (χ1n) is 10.8. The summed E-state index contributed by atoms with van der Waals surface area (Å²) in [6.07, 6.45) is 4.09. The second kappa shape index (κ2) is 8.38. The molecule has 5 rings (SSSR count). The van der Waals surface area contributed by atoms with Gasteiger partial charge in [0.15, 0.2) is 0 Å². The van der Waals surface area contributed by atoms with E-state index in [0.29, 0.717) is 35.0 Å². The van der Waals surface area contributed by atoms with E-state index in [4.69, 9.17) is 0 Å². The van der Waals surface area contributed by atoms with E-state index in [1.807, 2.05) is 36.4 Å². The number of rotatable bonds is 3. The first kappa shape index (κ1) is 20.1.